The monoisotopic (exact) mass is 397 g/mol. The zero-order chi connectivity index (χ0) is 20.8. The van der Waals surface area contributed by atoms with Crippen molar-refractivity contribution in [3.8, 4) is 0 Å². The summed E-state index contributed by atoms with van der Waals surface area (Å²) in [5.74, 6) is 0.412. The molecule has 0 unspecified atom stereocenters. The van der Waals surface area contributed by atoms with Gasteiger partial charge >= 0.3 is 6.09 Å². The molecule has 1 aromatic heterocycles. The maximum absolute atomic E-state index is 12.7. The summed E-state index contributed by atoms with van der Waals surface area (Å²) in [4.78, 5) is 36.4. The van der Waals surface area contributed by atoms with Crippen LogP contribution < -0.4 is 5.32 Å². The van der Waals surface area contributed by atoms with Crippen molar-refractivity contribution in [2.24, 2.45) is 0 Å². The fourth-order valence-electron chi connectivity index (χ4n) is 3.30. The predicted molar refractivity (Wildman–Crippen MR) is 110 cm³/mol. The maximum atomic E-state index is 12.7. The van der Waals surface area contributed by atoms with Crippen molar-refractivity contribution in [1.29, 1.82) is 0 Å². The van der Waals surface area contributed by atoms with E-state index < -0.39 is 0 Å². The van der Waals surface area contributed by atoms with Gasteiger partial charge < -0.3 is 19.9 Å². The third kappa shape index (κ3) is 4.82. The number of nitrogens with zero attached hydrogens (tertiary/aromatic N) is 4. The summed E-state index contributed by atoms with van der Waals surface area (Å²) in [6.07, 6.45) is 3.64. The number of carbonyl (C=O) groups excluding carboxylic acids is 2. The number of anilines is 2. The molecule has 3 rings (SSSR count). The van der Waals surface area contributed by atoms with Gasteiger partial charge in [-0.15, -0.1) is 0 Å². The quantitative estimate of drug-likeness (QED) is 0.834. The first-order valence-corrected chi connectivity index (χ1v) is 9.92. The smallest absolute Gasteiger partial charge is 0.409 e. The van der Waals surface area contributed by atoms with Gasteiger partial charge in [0.2, 0.25) is 0 Å². The summed E-state index contributed by atoms with van der Waals surface area (Å²) < 4.78 is 5.00. The van der Waals surface area contributed by atoms with Crippen LogP contribution >= 0.6 is 0 Å². The summed E-state index contributed by atoms with van der Waals surface area (Å²) >= 11 is 0. The molecule has 0 spiro atoms. The average molecular weight is 397 g/mol. The fourth-order valence-corrected chi connectivity index (χ4v) is 3.30. The van der Waals surface area contributed by atoms with E-state index in [1.165, 1.54) is 11.8 Å². The summed E-state index contributed by atoms with van der Waals surface area (Å²) in [6, 6.07) is 6.16. The minimum atomic E-state index is -0.336. The highest BCUT2D eigenvalue weighted by Gasteiger charge is 2.26. The van der Waals surface area contributed by atoms with E-state index in [1.54, 1.807) is 22.9 Å². The number of hydrogen-bond acceptors (Lipinski definition) is 6. The van der Waals surface area contributed by atoms with Gasteiger partial charge in [0.15, 0.2) is 0 Å². The van der Waals surface area contributed by atoms with Gasteiger partial charge in [-0.1, -0.05) is 25.1 Å². The van der Waals surface area contributed by atoms with E-state index >= 15 is 0 Å². The number of hydrogen-bond donors (Lipinski definition) is 1. The number of para-hydroxylation sites is 1. The lowest BCUT2D eigenvalue weighted by Gasteiger charge is -2.33. The van der Waals surface area contributed by atoms with Crippen LogP contribution in [0.25, 0.3) is 0 Å². The highest BCUT2D eigenvalue weighted by Crippen LogP contribution is 2.24. The lowest BCUT2D eigenvalue weighted by Crippen LogP contribution is -2.50. The molecule has 0 atom stereocenters. The molecule has 1 fully saturated rings. The van der Waals surface area contributed by atoms with Crippen LogP contribution in [0.1, 0.15) is 35.5 Å². The number of ether oxygens (including phenoxy) is 1. The number of carbonyl (C=O) groups is 2. The van der Waals surface area contributed by atoms with Crippen LogP contribution in [-0.4, -0.2) is 64.6 Å². The first kappa shape index (κ1) is 20.6. The number of rotatable bonds is 5. The highest BCUT2D eigenvalue weighted by molar-refractivity contribution is 5.92. The summed E-state index contributed by atoms with van der Waals surface area (Å²) in [6.45, 7) is 8.06. The Bertz CT molecular complexity index is 861. The molecule has 1 saturated heterocycles. The number of nitrogens with one attached hydrogen (secondary N) is 1. The van der Waals surface area contributed by atoms with Crippen LogP contribution in [0.2, 0.25) is 0 Å². The van der Waals surface area contributed by atoms with E-state index in [2.05, 4.69) is 28.3 Å². The van der Waals surface area contributed by atoms with Gasteiger partial charge in [0.1, 0.15) is 11.5 Å². The van der Waals surface area contributed by atoms with E-state index in [4.69, 9.17) is 4.74 Å². The molecular formula is C21H27N5O3. The van der Waals surface area contributed by atoms with Gasteiger partial charge in [-0.2, -0.15) is 0 Å². The minimum Gasteiger partial charge on any atom is -0.450 e. The van der Waals surface area contributed by atoms with Gasteiger partial charge in [-0.05, 0) is 31.4 Å². The summed E-state index contributed by atoms with van der Waals surface area (Å²) in [7, 11) is 0. The van der Waals surface area contributed by atoms with Gasteiger partial charge in [0, 0.05) is 31.9 Å². The van der Waals surface area contributed by atoms with Crippen molar-refractivity contribution in [1.82, 2.24) is 19.8 Å². The molecule has 0 radical (unpaired) electrons. The molecule has 0 aliphatic carbocycles. The van der Waals surface area contributed by atoms with Crippen LogP contribution in [0.5, 0.6) is 0 Å². The Kier molecular flexibility index (Phi) is 6.64. The molecule has 1 aromatic carbocycles. The van der Waals surface area contributed by atoms with Gasteiger partial charge in [0.05, 0.1) is 19.0 Å². The zero-order valence-electron chi connectivity index (χ0n) is 17.1. The van der Waals surface area contributed by atoms with Crippen LogP contribution in [-0.2, 0) is 11.2 Å². The molecule has 154 valence electrons. The molecule has 8 heteroatoms. The normalized spacial score (nSPS) is 13.9. The number of amides is 2. The summed E-state index contributed by atoms with van der Waals surface area (Å²) in [5.41, 5.74) is 3.65. The van der Waals surface area contributed by atoms with Crippen molar-refractivity contribution in [2.75, 3.05) is 38.1 Å². The van der Waals surface area contributed by atoms with Gasteiger partial charge in [-0.25, -0.2) is 14.8 Å². The molecule has 29 heavy (non-hydrogen) atoms. The molecule has 2 amide bonds. The zero-order valence-corrected chi connectivity index (χ0v) is 17.1. The predicted octanol–water partition coefficient (Wildman–Crippen LogP) is 3.01. The second-order valence-corrected chi connectivity index (χ2v) is 6.85. The second kappa shape index (κ2) is 9.36. The Balaban J connectivity index is 1.62. The molecule has 1 aliphatic rings. The van der Waals surface area contributed by atoms with Crippen molar-refractivity contribution >= 4 is 23.5 Å². The SMILES string of the molecule is CCOC(=O)N1CCN(C(=O)c2cnc(Nc3c(C)cccc3CC)cn2)CC1. The molecule has 0 bridgehead atoms. The largest absolute Gasteiger partial charge is 0.450 e. The first-order chi connectivity index (χ1) is 14.0. The second-order valence-electron chi connectivity index (χ2n) is 6.85. The van der Waals surface area contributed by atoms with Crippen molar-refractivity contribution in [2.45, 2.75) is 27.2 Å². The van der Waals surface area contributed by atoms with Crippen molar-refractivity contribution in [3.63, 3.8) is 0 Å². The molecule has 1 N–H and O–H groups in total. The van der Waals surface area contributed by atoms with Crippen molar-refractivity contribution in [3.05, 3.63) is 47.4 Å². The molecule has 2 heterocycles. The lowest BCUT2D eigenvalue weighted by atomic mass is 10.1. The van der Waals surface area contributed by atoms with Crippen LogP contribution in [0.3, 0.4) is 0 Å². The Morgan fingerprint density at radius 3 is 2.41 bits per heavy atom. The molecule has 0 saturated carbocycles. The minimum absolute atomic E-state index is 0.183. The molecule has 1 aliphatic heterocycles. The highest BCUT2D eigenvalue weighted by atomic mass is 16.6. The average Bonchev–Trinajstić information content (AvgIpc) is 2.75. The van der Waals surface area contributed by atoms with Crippen LogP contribution in [0.4, 0.5) is 16.3 Å². The van der Waals surface area contributed by atoms with E-state index in [-0.39, 0.29) is 12.0 Å². The fraction of sp³-hybridized carbons (Fsp3) is 0.429. The number of aromatic nitrogens is 2. The first-order valence-electron chi connectivity index (χ1n) is 9.92. The summed E-state index contributed by atoms with van der Waals surface area (Å²) in [5, 5.41) is 3.31. The van der Waals surface area contributed by atoms with Crippen LogP contribution in [0, 0.1) is 6.92 Å². The maximum Gasteiger partial charge on any atom is 0.409 e. The lowest BCUT2D eigenvalue weighted by molar-refractivity contribution is 0.0565. The Morgan fingerprint density at radius 1 is 1.07 bits per heavy atom. The van der Waals surface area contributed by atoms with E-state index in [1.807, 2.05) is 19.1 Å². The van der Waals surface area contributed by atoms with Crippen LogP contribution in [0.15, 0.2) is 30.6 Å². The standard InChI is InChI=1S/C21H27N5O3/c1-4-16-8-6-7-15(3)19(16)24-18-14-22-17(13-23-18)20(27)25-9-11-26(12-10-25)21(28)29-5-2/h6-8,13-14H,4-5,9-12H2,1-3H3,(H,23,24). The van der Waals surface area contributed by atoms with E-state index in [9.17, 15) is 9.59 Å². The number of benzene rings is 1. The number of piperazine rings is 1. The molecule has 2 aromatic rings. The number of aryl methyl sites for hydroxylation is 2. The van der Waals surface area contributed by atoms with E-state index in [0.717, 1.165) is 17.7 Å². The van der Waals surface area contributed by atoms with Gasteiger partial charge in [0.25, 0.3) is 5.91 Å². The Hall–Kier alpha value is -3.16. The Labute approximate surface area is 170 Å². The van der Waals surface area contributed by atoms with Gasteiger partial charge in [-0.3, -0.25) is 4.79 Å². The third-order valence-corrected chi connectivity index (χ3v) is 4.96. The topological polar surface area (TPSA) is 87.7 Å². The van der Waals surface area contributed by atoms with Crippen molar-refractivity contribution < 1.29 is 14.3 Å². The Morgan fingerprint density at radius 2 is 1.79 bits per heavy atom. The molecular weight excluding hydrogens is 370 g/mol. The molecule has 8 nitrogen and oxygen atoms in total. The van der Waals surface area contributed by atoms with E-state index in [0.29, 0.717) is 44.3 Å². The third-order valence-electron chi connectivity index (χ3n) is 4.96.